The van der Waals surface area contributed by atoms with E-state index in [1.54, 1.807) is 12.1 Å². The van der Waals surface area contributed by atoms with Gasteiger partial charge in [0.2, 0.25) is 5.91 Å². The SMILES string of the molecule is C=C(Br)CNC(=O)CCOc1cccc(F)c1. The average molecular weight is 302 g/mol. The van der Waals surface area contributed by atoms with Crippen molar-refractivity contribution in [1.82, 2.24) is 5.32 Å². The topological polar surface area (TPSA) is 38.3 Å². The normalized spacial score (nSPS) is 9.76. The lowest BCUT2D eigenvalue weighted by molar-refractivity contribution is -0.121. The van der Waals surface area contributed by atoms with E-state index in [0.29, 0.717) is 16.8 Å². The second kappa shape index (κ2) is 7.06. The van der Waals surface area contributed by atoms with Gasteiger partial charge in [0, 0.05) is 17.1 Å². The molecule has 1 N–H and O–H groups in total. The average Bonchev–Trinajstić information content (AvgIpc) is 2.26. The first-order chi connectivity index (χ1) is 8.08. The van der Waals surface area contributed by atoms with Crippen molar-refractivity contribution >= 4 is 21.8 Å². The Balaban J connectivity index is 2.23. The first kappa shape index (κ1) is 13.7. The van der Waals surface area contributed by atoms with Crippen LogP contribution in [0.2, 0.25) is 0 Å². The Hall–Kier alpha value is -1.36. The van der Waals surface area contributed by atoms with Crippen LogP contribution in [0.15, 0.2) is 35.3 Å². The standard InChI is InChI=1S/C12H13BrFNO2/c1-9(13)8-15-12(16)5-6-17-11-4-2-3-10(14)7-11/h2-4,7H,1,5-6,8H2,(H,15,16). The van der Waals surface area contributed by atoms with E-state index in [0.717, 1.165) is 0 Å². The Kier molecular flexibility index (Phi) is 5.69. The quantitative estimate of drug-likeness (QED) is 0.877. The molecule has 0 saturated heterocycles. The highest BCUT2D eigenvalue weighted by atomic mass is 79.9. The van der Waals surface area contributed by atoms with Gasteiger partial charge in [-0.05, 0) is 12.1 Å². The van der Waals surface area contributed by atoms with E-state index in [4.69, 9.17) is 4.74 Å². The van der Waals surface area contributed by atoms with Gasteiger partial charge in [-0.3, -0.25) is 4.79 Å². The van der Waals surface area contributed by atoms with E-state index < -0.39 is 0 Å². The molecule has 0 aliphatic carbocycles. The number of carbonyl (C=O) groups excluding carboxylic acids is 1. The monoisotopic (exact) mass is 301 g/mol. The maximum Gasteiger partial charge on any atom is 0.223 e. The van der Waals surface area contributed by atoms with E-state index in [2.05, 4.69) is 27.8 Å². The van der Waals surface area contributed by atoms with Gasteiger partial charge in [-0.25, -0.2) is 4.39 Å². The van der Waals surface area contributed by atoms with Crippen LogP contribution in [0, 0.1) is 5.82 Å². The van der Waals surface area contributed by atoms with Crippen molar-refractivity contribution in [1.29, 1.82) is 0 Å². The fraction of sp³-hybridized carbons (Fsp3) is 0.250. The minimum Gasteiger partial charge on any atom is -0.493 e. The van der Waals surface area contributed by atoms with Crippen LogP contribution in [0.5, 0.6) is 5.75 Å². The summed E-state index contributed by atoms with van der Waals surface area (Å²) in [5.74, 6) is -0.0766. The molecule has 0 aromatic heterocycles. The molecule has 0 atom stereocenters. The molecule has 0 unspecified atom stereocenters. The molecule has 0 aliphatic heterocycles. The van der Waals surface area contributed by atoms with E-state index in [9.17, 15) is 9.18 Å². The number of hydrogen-bond acceptors (Lipinski definition) is 2. The van der Waals surface area contributed by atoms with Crippen LogP contribution >= 0.6 is 15.9 Å². The van der Waals surface area contributed by atoms with Gasteiger partial charge in [0.1, 0.15) is 11.6 Å². The van der Waals surface area contributed by atoms with Crippen molar-refractivity contribution in [2.75, 3.05) is 13.2 Å². The van der Waals surface area contributed by atoms with Gasteiger partial charge in [-0.15, -0.1) is 0 Å². The highest BCUT2D eigenvalue weighted by molar-refractivity contribution is 9.11. The van der Waals surface area contributed by atoms with Crippen molar-refractivity contribution in [3.05, 3.63) is 41.1 Å². The van der Waals surface area contributed by atoms with Crippen molar-refractivity contribution in [3.8, 4) is 5.75 Å². The molecule has 0 saturated carbocycles. The Labute approximate surface area is 108 Å². The zero-order valence-electron chi connectivity index (χ0n) is 9.21. The summed E-state index contributed by atoms with van der Waals surface area (Å²) in [6.45, 7) is 4.19. The molecular weight excluding hydrogens is 289 g/mol. The van der Waals surface area contributed by atoms with Gasteiger partial charge in [0.25, 0.3) is 0 Å². The van der Waals surface area contributed by atoms with Crippen LogP contribution in [0.4, 0.5) is 4.39 Å². The summed E-state index contributed by atoms with van der Waals surface area (Å²) in [5, 5.41) is 2.64. The smallest absolute Gasteiger partial charge is 0.223 e. The van der Waals surface area contributed by atoms with Crippen LogP contribution < -0.4 is 10.1 Å². The summed E-state index contributed by atoms with van der Waals surface area (Å²) in [7, 11) is 0. The lowest BCUT2D eigenvalue weighted by Gasteiger charge is -2.06. The molecule has 1 amide bonds. The molecule has 0 bridgehead atoms. The third-order valence-corrected chi connectivity index (χ3v) is 2.15. The lowest BCUT2D eigenvalue weighted by Crippen LogP contribution is -2.25. The molecule has 0 fully saturated rings. The van der Waals surface area contributed by atoms with Gasteiger partial charge in [0.05, 0.1) is 13.0 Å². The summed E-state index contributed by atoms with van der Waals surface area (Å²) in [5.41, 5.74) is 0. The Morgan fingerprint density at radius 1 is 1.53 bits per heavy atom. The summed E-state index contributed by atoms with van der Waals surface area (Å²) in [6, 6.07) is 5.81. The van der Waals surface area contributed by atoms with Gasteiger partial charge in [0.15, 0.2) is 0 Å². The zero-order valence-corrected chi connectivity index (χ0v) is 10.8. The minimum atomic E-state index is -0.359. The molecule has 5 heteroatoms. The fourth-order valence-electron chi connectivity index (χ4n) is 1.10. The first-order valence-corrected chi connectivity index (χ1v) is 5.85. The fourth-order valence-corrected chi connectivity index (χ4v) is 1.24. The molecule has 0 heterocycles. The van der Waals surface area contributed by atoms with E-state index >= 15 is 0 Å². The molecule has 0 radical (unpaired) electrons. The summed E-state index contributed by atoms with van der Waals surface area (Å²) < 4.78 is 18.7. The highest BCUT2D eigenvalue weighted by Gasteiger charge is 2.02. The van der Waals surface area contributed by atoms with Gasteiger partial charge < -0.3 is 10.1 Å². The number of carbonyl (C=O) groups is 1. The molecule has 1 rings (SSSR count). The van der Waals surface area contributed by atoms with Crippen molar-refractivity contribution < 1.29 is 13.9 Å². The summed E-state index contributed by atoms with van der Waals surface area (Å²) in [4.78, 5) is 11.3. The number of hydrogen-bond donors (Lipinski definition) is 1. The predicted octanol–water partition coefficient (Wildman–Crippen LogP) is 2.62. The molecule has 0 aliphatic rings. The minimum absolute atomic E-state index is 0.137. The number of amides is 1. The predicted molar refractivity (Wildman–Crippen MR) is 67.6 cm³/mol. The summed E-state index contributed by atoms with van der Waals surface area (Å²) in [6.07, 6.45) is 0.219. The second-order valence-electron chi connectivity index (χ2n) is 3.35. The summed E-state index contributed by atoms with van der Waals surface area (Å²) >= 11 is 3.13. The Morgan fingerprint density at radius 3 is 2.94 bits per heavy atom. The van der Waals surface area contributed by atoms with E-state index in [-0.39, 0.29) is 24.8 Å². The number of nitrogens with one attached hydrogen (secondary N) is 1. The van der Waals surface area contributed by atoms with Crippen molar-refractivity contribution in [2.24, 2.45) is 0 Å². The number of rotatable bonds is 6. The largest absolute Gasteiger partial charge is 0.493 e. The van der Waals surface area contributed by atoms with Crippen LogP contribution in [0.1, 0.15) is 6.42 Å². The zero-order chi connectivity index (χ0) is 12.7. The van der Waals surface area contributed by atoms with E-state index in [1.807, 2.05) is 0 Å². The maximum atomic E-state index is 12.8. The highest BCUT2D eigenvalue weighted by Crippen LogP contribution is 2.11. The van der Waals surface area contributed by atoms with Crippen molar-refractivity contribution in [2.45, 2.75) is 6.42 Å². The molecule has 3 nitrogen and oxygen atoms in total. The molecule has 1 aromatic carbocycles. The number of halogens is 2. The third-order valence-electron chi connectivity index (χ3n) is 1.87. The van der Waals surface area contributed by atoms with E-state index in [1.165, 1.54) is 12.1 Å². The Morgan fingerprint density at radius 2 is 2.29 bits per heavy atom. The maximum absolute atomic E-state index is 12.8. The number of ether oxygens (including phenoxy) is 1. The molecule has 1 aromatic rings. The second-order valence-corrected chi connectivity index (χ2v) is 4.47. The van der Waals surface area contributed by atoms with Gasteiger partial charge in [-0.2, -0.15) is 0 Å². The molecule has 92 valence electrons. The lowest BCUT2D eigenvalue weighted by atomic mass is 10.3. The van der Waals surface area contributed by atoms with Crippen LogP contribution in [-0.4, -0.2) is 19.1 Å². The van der Waals surface area contributed by atoms with Crippen LogP contribution in [0.25, 0.3) is 0 Å². The molecule has 17 heavy (non-hydrogen) atoms. The van der Waals surface area contributed by atoms with Crippen LogP contribution in [-0.2, 0) is 4.79 Å². The third kappa shape index (κ3) is 6.06. The Bertz CT molecular complexity index is 409. The molecule has 0 spiro atoms. The van der Waals surface area contributed by atoms with Crippen molar-refractivity contribution in [3.63, 3.8) is 0 Å². The molecular formula is C12H13BrFNO2. The number of benzene rings is 1. The first-order valence-electron chi connectivity index (χ1n) is 5.06. The van der Waals surface area contributed by atoms with Crippen LogP contribution in [0.3, 0.4) is 0 Å². The van der Waals surface area contributed by atoms with Gasteiger partial charge >= 0.3 is 0 Å². The van der Waals surface area contributed by atoms with Gasteiger partial charge in [-0.1, -0.05) is 28.6 Å².